The predicted octanol–water partition coefficient (Wildman–Crippen LogP) is 2.13. The third-order valence-electron chi connectivity index (χ3n) is 4.37. The fraction of sp³-hybridized carbons (Fsp3) is 0.353. The maximum absolute atomic E-state index is 12.3. The normalized spacial score (nSPS) is 17.2. The summed E-state index contributed by atoms with van der Waals surface area (Å²) in [7, 11) is 0. The molecule has 0 aliphatic carbocycles. The molecule has 1 aliphatic heterocycles. The van der Waals surface area contributed by atoms with Gasteiger partial charge in [-0.2, -0.15) is 9.47 Å². The monoisotopic (exact) mass is 354 g/mol. The SMILES string of the molecule is Cc1nsc(N2CCCC2Cn2nc(-c3ccncc3)ccc2=O)n1. The minimum absolute atomic E-state index is 0.0851. The van der Waals surface area contributed by atoms with E-state index in [9.17, 15) is 4.79 Å². The Labute approximate surface area is 149 Å². The summed E-state index contributed by atoms with van der Waals surface area (Å²) >= 11 is 1.42. The van der Waals surface area contributed by atoms with E-state index in [0.717, 1.165) is 41.6 Å². The lowest BCUT2D eigenvalue weighted by Gasteiger charge is -2.23. The van der Waals surface area contributed by atoms with Crippen molar-refractivity contribution in [2.45, 2.75) is 32.4 Å². The molecule has 1 unspecified atom stereocenters. The number of hydrogen-bond acceptors (Lipinski definition) is 7. The first-order valence-corrected chi connectivity index (χ1v) is 9.03. The summed E-state index contributed by atoms with van der Waals surface area (Å²) in [5, 5.41) is 5.49. The second-order valence-corrected chi connectivity index (χ2v) is 6.82. The van der Waals surface area contributed by atoms with E-state index in [0.29, 0.717) is 6.54 Å². The Balaban J connectivity index is 1.60. The Morgan fingerprint density at radius 1 is 1.24 bits per heavy atom. The largest absolute Gasteiger partial charge is 0.342 e. The lowest BCUT2D eigenvalue weighted by Crippen LogP contribution is -2.37. The molecule has 0 radical (unpaired) electrons. The summed E-state index contributed by atoms with van der Waals surface area (Å²) in [5.74, 6) is 0.792. The molecule has 1 atom stereocenters. The molecule has 3 aromatic rings. The van der Waals surface area contributed by atoms with Gasteiger partial charge < -0.3 is 4.90 Å². The Kier molecular flexibility index (Phi) is 4.27. The van der Waals surface area contributed by atoms with Gasteiger partial charge in [-0.15, -0.1) is 0 Å². The molecule has 25 heavy (non-hydrogen) atoms. The Hall–Kier alpha value is -2.61. The number of aromatic nitrogens is 5. The van der Waals surface area contributed by atoms with Gasteiger partial charge in [0.15, 0.2) is 0 Å². The number of nitrogens with zero attached hydrogens (tertiary/aromatic N) is 6. The molecule has 0 spiro atoms. The zero-order valence-corrected chi connectivity index (χ0v) is 14.7. The number of hydrogen-bond donors (Lipinski definition) is 0. The minimum Gasteiger partial charge on any atom is -0.342 e. The van der Waals surface area contributed by atoms with E-state index in [4.69, 9.17) is 0 Å². The molecule has 1 aliphatic rings. The molecule has 1 fully saturated rings. The van der Waals surface area contributed by atoms with Gasteiger partial charge in [0.1, 0.15) is 5.82 Å². The summed E-state index contributed by atoms with van der Waals surface area (Å²) < 4.78 is 5.83. The zero-order chi connectivity index (χ0) is 17.2. The van der Waals surface area contributed by atoms with Gasteiger partial charge in [0.05, 0.1) is 18.3 Å². The fourth-order valence-corrected chi connectivity index (χ4v) is 3.91. The molecule has 4 rings (SSSR count). The van der Waals surface area contributed by atoms with Gasteiger partial charge in [0.2, 0.25) is 5.13 Å². The van der Waals surface area contributed by atoms with Crippen LogP contribution in [-0.2, 0) is 6.54 Å². The van der Waals surface area contributed by atoms with Crippen molar-refractivity contribution in [2.24, 2.45) is 0 Å². The lowest BCUT2D eigenvalue weighted by molar-refractivity contribution is 0.490. The fourth-order valence-electron chi connectivity index (χ4n) is 3.14. The molecule has 3 aromatic heterocycles. The molecule has 8 heteroatoms. The van der Waals surface area contributed by atoms with E-state index in [2.05, 4.69) is 24.3 Å². The Bertz CT molecular complexity index is 922. The number of aryl methyl sites for hydroxylation is 1. The summed E-state index contributed by atoms with van der Waals surface area (Å²) in [6.45, 7) is 3.39. The van der Waals surface area contributed by atoms with Crippen molar-refractivity contribution in [2.75, 3.05) is 11.4 Å². The summed E-state index contributed by atoms with van der Waals surface area (Å²) in [4.78, 5) is 23.0. The first-order valence-electron chi connectivity index (χ1n) is 8.26. The van der Waals surface area contributed by atoms with Gasteiger partial charge in [-0.05, 0) is 38.0 Å². The molecule has 4 heterocycles. The van der Waals surface area contributed by atoms with Crippen LogP contribution >= 0.6 is 11.5 Å². The molecule has 0 aromatic carbocycles. The summed E-state index contributed by atoms with van der Waals surface area (Å²) in [6.07, 6.45) is 5.56. The first kappa shape index (κ1) is 15.9. The van der Waals surface area contributed by atoms with Crippen LogP contribution in [0.25, 0.3) is 11.3 Å². The highest BCUT2D eigenvalue weighted by molar-refractivity contribution is 7.09. The number of pyridine rings is 1. The lowest BCUT2D eigenvalue weighted by atomic mass is 10.2. The highest BCUT2D eigenvalue weighted by Gasteiger charge is 2.28. The van der Waals surface area contributed by atoms with Crippen molar-refractivity contribution in [1.29, 1.82) is 0 Å². The number of rotatable bonds is 4. The van der Waals surface area contributed by atoms with Crippen molar-refractivity contribution in [3.63, 3.8) is 0 Å². The highest BCUT2D eigenvalue weighted by Crippen LogP contribution is 2.27. The third kappa shape index (κ3) is 3.30. The van der Waals surface area contributed by atoms with Crippen LogP contribution in [0.2, 0.25) is 0 Å². The van der Waals surface area contributed by atoms with Gasteiger partial charge in [-0.1, -0.05) is 0 Å². The Morgan fingerprint density at radius 3 is 2.84 bits per heavy atom. The third-order valence-corrected chi connectivity index (χ3v) is 5.21. The van der Waals surface area contributed by atoms with E-state index in [1.165, 1.54) is 11.5 Å². The van der Waals surface area contributed by atoms with E-state index in [-0.39, 0.29) is 11.6 Å². The van der Waals surface area contributed by atoms with Crippen molar-refractivity contribution < 1.29 is 0 Å². The van der Waals surface area contributed by atoms with Gasteiger partial charge >= 0.3 is 0 Å². The summed E-state index contributed by atoms with van der Waals surface area (Å²) in [5.41, 5.74) is 1.64. The molecule has 0 saturated carbocycles. The van der Waals surface area contributed by atoms with Crippen LogP contribution in [0.3, 0.4) is 0 Å². The second-order valence-electron chi connectivity index (χ2n) is 6.09. The molecule has 0 amide bonds. The van der Waals surface area contributed by atoms with Gasteiger partial charge in [0.25, 0.3) is 5.56 Å². The maximum atomic E-state index is 12.3. The van der Waals surface area contributed by atoms with Gasteiger partial charge in [-0.3, -0.25) is 9.78 Å². The maximum Gasteiger partial charge on any atom is 0.266 e. The van der Waals surface area contributed by atoms with Crippen molar-refractivity contribution in [1.82, 2.24) is 24.1 Å². The van der Waals surface area contributed by atoms with Crippen LogP contribution < -0.4 is 10.5 Å². The van der Waals surface area contributed by atoms with Crippen LogP contribution in [0.4, 0.5) is 5.13 Å². The van der Waals surface area contributed by atoms with Crippen molar-refractivity contribution >= 4 is 16.7 Å². The number of anilines is 1. The smallest absolute Gasteiger partial charge is 0.266 e. The molecule has 1 saturated heterocycles. The molecular weight excluding hydrogens is 336 g/mol. The van der Waals surface area contributed by atoms with E-state index in [1.807, 2.05) is 19.1 Å². The van der Waals surface area contributed by atoms with Crippen LogP contribution in [0, 0.1) is 6.92 Å². The summed E-state index contributed by atoms with van der Waals surface area (Å²) in [6, 6.07) is 7.34. The highest BCUT2D eigenvalue weighted by atomic mass is 32.1. The van der Waals surface area contributed by atoms with Crippen LogP contribution in [0.15, 0.2) is 41.5 Å². The zero-order valence-electron chi connectivity index (χ0n) is 13.9. The average molecular weight is 354 g/mol. The predicted molar refractivity (Wildman–Crippen MR) is 96.7 cm³/mol. The molecule has 128 valence electrons. The van der Waals surface area contributed by atoms with Crippen LogP contribution in [-0.4, -0.2) is 36.7 Å². The molecular formula is C17H18N6OS. The van der Waals surface area contributed by atoms with Crippen LogP contribution in [0.5, 0.6) is 0 Å². The quantitative estimate of drug-likeness (QED) is 0.714. The average Bonchev–Trinajstić information content (AvgIpc) is 3.26. The first-order chi connectivity index (χ1) is 12.2. The van der Waals surface area contributed by atoms with Crippen molar-refractivity contribution in [3.8, 4) is 11.3 Å². The Morgan fingerprint density at radius 2 is 2.08 bits per heavy atom. The molecule has 7 nitrogen and oxygen atoms in total. The van der Waals surface area contributed by atoms with E-state index < -0.39 is 0 Å². The standard InChI is InChI=1S/C17H18N6OS/c1-12-19-17(25-21-12)22-10-2-3-14(22)11-23-16(24)5-4-15(20-23)13-6-8-18-9-7-13/h4-9,14H,2-3,10-11H2,1H3. The van der Waals surface area contributed by atoms with E-state index >= 15 is 0 Å². The van der Waals surface area contributed by atoms with Crippen LogP contribution in [0.1, 0.15) is 18.7 Å². The van der Waals surface area contributed by atoms with Gasteiger partial charge in [-0.25, -0.2) is 9.67 Å². The second kappa shape index (κ2) is 6.72. The van der Waals surface area contributed by atoms with E-state index in [1.54, 1.807) is 29.2 Å². The van der Waals surface area contributed by atoms with Crippen molar-refractivity contribution in [3.05, 3.63) is 52.8 Å². The molecule has 0 bridgehead atoms. The minimum atomic E-state index is -0.0851. The topological polar surface area (TPSA) is 76.8 Å². The molecule has 0 N–H and O–H groups in total. The van der Waals surface area contributed by atoms with Gasteiger partial charge in [0, 0.05) is 42.1 Å².